The summed E-state index contributed by atoms with van der Waals surface area (Å²) in [6.45, 7) is 17.1. The number of hydrogen-bond acceptors (Lipinski definition) is 4. The Kier molecular flexibility index (Phi) is 8.72. The van der Waals surface area contributed by atoms with Crippen LogP contribution in [0, 0.1) is 31.1 Å². The molecule has 0 N–H and O–H groups in total. The maximum atomic E-state index is 12.3. The van der Waals surface area contributed by atoms with Gasteiger partial charge in [-0.15, -0.1) is 0 Å². The van der Waals surface area contributed by atoms with Gasteiger partial charge in [-0.2, -0.15) is 5.26 Å². The van der Waals surface area contributed by atoms with Gasteiger partial charge >= 0.3 is 5.97 Å². The summed E-state index contributed by atoms with van der Waals surface area (Å²) >= 11 is 0. The van der Waals surface area contributed by atoms with E-state index in [1.54, 1.807) is 4.90 Å². The highest BCUT2D eigenvalue weighted by Crippen LogP contribution is 2.20. The summed E-state index contributed by atoms with van der Waals surface area (Å²) in [7, 11) is 0. The summed E-state index contributed by atoms with van der Waals surface area (Å²) < 4.78 is 7.24. The van der Waals surface area contributed by atoms with Gasteiger partial charge in [0.25, 0.3) is 5.91 Å². The minimum atomic E-state index is -0.795. The molecule has 0 aromatic carbocycles. The fourth-order valence-corrected chi connectivity index (χ4v) is 2.91. The molecular formula is C22H31N3O3. The second-order valence-corrected chi connectivity index (χ2v) is 7.44. The van der Waals surface area contributed by atoms with Gasteiger partial charge < -0.3 is 14.2 Å². The minimum absolute atomic E-state index is 0.124. The van der Waals surface area contributed by atoms with Gasteiger partial charge in [-0.25, -0.2) is 4.79 Å². The molecule has 0 saturated heterocycles. The van der Waals surface area contributed by atoms with Crippen LogP contribution in [0.15, 0.2) is 23.8 Å². The minimum Gasteiger partial charge on any atom is -0.451 e. The monoisotopic (exact) mass is 385 g/mol. The number of rotatable bonds is 9. The van der Waals surface area contributed by atoms with Crippen molar-refractivity contribution >= 4 is 18.0 Å². The number of aromatic nitrogens is 1. The quantitative estimate of drug-likeness (QED) is 0.281. The van der Waals surface area contributed by atoms with Gasteiger partial charge in [0.05, 0.1) is 0 Å². The van der Waals surface area contributed by atoms with Crippen molar-refractivity contribution in [2.45, 2.75) is 48.1 Å². The van der Waals surface area contributed by atoms with Gasteiger partial charge in [0.15, 0.2) is 6.61 Å². The van der Waals surface area contributed by atoms with Gasteiger partial charge in [0.2, 0.25) is 0 Å². The summed E-state index contributed by atoms with van der Waals surface area (Å²) in [6, 6.07) is 3.83. The molecule has 1 rings (SSSR count). The Labute approximate surface area is 168 Å². The molecule has 0 bridgehead atoms. The number of aryl methyl sites for hydroxylation is 1. The van der Waals surface area contributed by atoms with Crippen LogP contribution in [0.2, 0.25) is 0 Å². The van der Waals surface area contributed by atoms with Crippen LogP contribution in [0.5, 0.6) is 0 Å². The smallest absolute Gasteiger partial charge is 0.349 e. The first-order chi connectivity index (χ1) is 13.1. The number of carbonyl (C=O) groups is 2. The number of nitrogens with zero attached hydrogens (tertiary/aromatic N) is 3. The molecule has 0 aliphatic rings. The topological polar surface area (TPSA) is 75.3 Å². The number of amides is 1. The molecule has 0 atom stereocenters. The standard InChI is InChI=1S/C22H31N3O3/c1-8-24(12-15(2)3)21(26)14-28-22(27)20(11-23)10-19-9-17(6)25(18(19)7)13-16(4)5/h9-10,16H,2,8,12-14H2,1,3-7H3/b20-10+. The molecule has 0 aliphatic heterocycles. The van der Waals surface area contributed by atoms with E-state index in [-0.39, 0.29) is 11.5 Å². The predicted molar refractivity (Wildman–Crippen MR) is 110 cm³/mol. The summed E-state index contributed by atoms with van der Waals surface area (Å²) in [6.07, 6.45) is 1.53. The zero-order valence-corrected chi connectivity index (χ0v) is 17.8. The van der Waals surface area contributed by atoms with E-state index in [1.807, 2.05) is 39.8 Å². The number of likely N-dealkylation sites (N-methyl/N-ethyl adjacent to an activating group) is 1. The molecule has 0 radical (unpaired) electrons. The van der Waals surface area contributed by atoms with E-state index < -0.39 is 12.6 Å². The number of nitriles is 1. The lowest BCUT2D eigenvalue weighted by Crippen LogP contribution is -2.35. The van der Waals surface area contributed by atoms with Gasteiger partial charge in [-0.05, 0) is 51.3 Å². The fraction of sp³-hybridized carbons (Fsp3) is 0.500. The third kappa shape index (κ3) is 6.41. The first kappa shape index (κ1) is 23.2. The van der Waals surface area contributed by atoms with Crippen molar-refractivity contribution < 1.29 is 14.3 Å². The van der Waals surface area contributed by atoms with E-state index in [0.717, 1.165) is 29.1 Å². The van der Waals surface area contributed by atoms with E-state index in [2.05, 4.69) is 25.0 Å². The Balaban J connectivity index is 2.91. The molecule has 6 heteroatoms. The largest absolute Gasteiger partial charge is 0.451 e. The molecular weight excluding hydrogens is 354 g/mol. The maximum Gasteiger partial charge on any atom is 0.349 e. The highest BCUT2D eigenvalue weighted by atomic mass is 16.5. The van der Waals surface area contributed by atoms with Crippen molar-refractivity contribution in [3.63, 3.8) is 0 Å². The molecule has 1 amide bonds. The average Bonchev–Trinajstić information content (AvgIpc) is 2.88. The Morgan fingerprint density at radius 2 is 2.04 bits per heavy atom. The lowest BCUT2D eigenvalue weighted by molar-refractivity contribution is -0.148. The first-order valence-electron chi connectivity index (χ1n) is 9.48. The van der Waals surface area contributed by atoms with Crippen LogP contribution in [-0.4, -0.2) is 41.0 Å². The Morgan fingerprint density at radius 1 is 1.39 bits per heavy atom. The zero-order chi connectivity index (χ0) is 21.4. The Morgan fingerprint density at radius 3 is 2.54 bits per heavy atom. The molecule has 1 aromatic rings. The van der Waals surface area contributed by atoms with Gasteiger partial charge in [-0.1, -0.05) is 26.0 Å². The average molecular weight is 386 g/mol. The molecule has 28 heavy (non-hydrogen) atoms. The SMILES string of the molecule is C=C(C)CN(CC)C(=O)COC(=O)/C(C#N)=C/c1cc(C)n(CC(C)C)c1C. The van der Waals surface area contributed by atoms with Crippen molar-refractivity contribution in [3.05, 3.63) is 40.7 Å². The lowest BCUT2D eigenvalue weighted by Gasteiger charge is -2.20. The molecule has 1 heterocycles. The Hall–Kier alpha value is -2.81. The Bertz CT molecular complexity index is 810. The number of carbonyl (C=O) groups excluding carboxylic acids is 2. The van der Waals surface area contributed by atoms with E-state index in [9.17, 15) is 14.9 Å². The third-order valence-electron chi connectivity index (χ3n) is 4.32. The second kappa shape index (κ2) is 10.5. The van der Waals surface area contributed by atoms with E-state index in [4.69, 9.17) is 4.74 Å². The summed E-state index contributed by atoms with van der Waals surface area (Å²) in [4.78, 5) is 26.0. The van der Waals surface area contributed by atoms with Crippen molar-refractivity contribution in [2.24, 2.45) is 5.92 Å². The third-order valence-corrected chi connectivity index (χ3v) is 4.32. The number of hydrogen-bond donors (Lipinski definition) is 0. The summed E-state index contributed by atoms with van der Waals surface area (Å²) in [5.41, 5.74) is 3.57. The van der Waals surface area contributed by atoms with Crippen LogP contribution in [0.25, 0.3) is 6.08 Å². The fourth-order valence-electron chi connectivity index (χ4n) is 2.91. The molecule has 0 saturated carbocycles. The molecule has 6 nitrogen and oxygen atoms in total. The van der Waals surface area contributed by atoms with Gasteiger partial charge in [-0.3, -0.25) is 4.79 Å². The van der Waals surface area contributed by atoms with Crippen LogP contribution in [-0.2, 0) is 20.9 Å². The van der Waals surface area contributed by atoms with E-state index in [0.29, 0.717) is 19.0 Å². The van der Waals surface area contributed by atoms with E-state index >= 15 is 0 Å². The number of esters is 1. The van der Waals surface area contributed by atoms with Crippen LogP contribution in [0.1, 0.15) is 44.6 Å². The van der Waals surface area contributed by atoms with Gasteiger partial charge in [0, 0.05) is 31.0 Å². The predicted octanol–water partition coefficient (Wildman–Crippen LogP) is 3.64. The molecule has 1 aromatic heterocycles. The maximum absolute atomic E-state index is 12.3. The van der Waals surface area contributed by atoms with Crippen LogP contribution < -0.4 is 0 Å². The zero-order valence-electron chi connectivity index (χ0n) is 17.8. The van der Waals surface area contributed by atoms with Crippen LogP contribution in [0.4, 0.5) is 0 Å². The lowest BCUT2D eigenvalue weighted by atomic mass is 10.1. The normalized spacial score (nSPS) is 11.3. The molecule has 0 fully saturated rings. The highest BCUT2D eigenvalue weighted by Gasteiger charge is 2.18. The van der Waals surface area contributed by atoms with Crippen molar-refractivity contribution in [1.29, 1.82) is 5.26 Å². The van der Waals surface area contributed by atoms with Crippen LogP contribution in [0.3, 0.4) is 0 Å². The van der Waals surface area contributed by atoms with Crippen molar-refractivity contribution in [1.82, 2.24) is 9.47 Å². The first-order valence-corrected chi connectivity index (χ1v) is 9.48. The second-order valence-electron chi connectivity index (χ2n) is 7.44. The van der Waals surface area contributed by atoms with E-state index in [1.165, 1.54) is 6.08 Å². The van der Waals surface area contributed by atoms with Gasteiger partial charge in [0.1, 0.15) is 11.6 Å². The molecule has 0 aliphatic carbocycles. The highest BCUT2D eigenvalue weighted by molar-refractivity contribution is 5.99. The van der Waals surface area contributed by atoms with Crippen molar-refractivity contribution in [3.8, 4) is 6.07 Å². The summed E-state index contributed by atoms with van der Waals surface area (Å²) in [5, 5.41) is 9.38. The van der Waals surface area contributed by atoms with Crippen molar-refractivity contribution in [2.75, 3.05) is 19.7 Å². The molecule has 0 spiro atoms. The van der Waals surface area contributed by atoms with Crippen LogP contribution >= 0.6 is 0 Å². The summed E-state index contributed by atoms with van der Waals surface area (Å²) in [5.74, 6) is -0.629. The molecule has 152 valence electrons. The number of ether oxygens (including phenoxy) is 1. The molecule has 0 unspecified atom stereocenters.